The van der Waals surface area contributed by atoms with Gasteiger partial charge >= 0.3 is 12.2 Å². The van der Waals surface area contributed by atoms with Gasteiger partial charge in [0.1, 0.15) is 0 Å². The Bertz CT molecular complexity index is 1040. The van der Waals surface area contributed by atoms with E-state index in [1.807, 2.05) is 24.3 Å². The molecule has 0 saturated carbocycles. The number of rotatable bonds is 2. The number of aromatic amines is 1. The zero-order valence-electron chi connectivity index (χ0n) is 15.1. The van der Waals surface area contributed by atoms with Gasteiger partial charge in [0.2, 0.25) is 0 Å². The quantitative estimate of drug-likeness (QED) is 0.633. The van der Waals surface area contributed by atoms with E-state index in [9.17, 15) is 18.0 Å². The number of aromatic nitrogens is 2. The predicted octanol–water partition coefficient (Wildman–Crippen LogP) is 4.59. The van der Waals surface area contributed by atoms with Crippen LogP contribution >= 0.6 is 11.6 Å². The van der Waals surface area contributed by atoms with Crippen LogP contribution in [0, 0.1) is 0 Å². The van der Waals surface area contributed by atoms with Gasteiger partial charge in [-0.05, 0) is 30.3 Å². The molecule has 2 N–H and O–H groups in total. The second-order valence-electron chi connectivity index (χ2n) is 6.68. The number of H-pyrrole nitrogens is 1. The van der Waals surface area contributed by atoms with Crippen LogP contribution in [-0.4, -0.2) is 47.3 Å². The summed E-state index contributed by atoms with van der Waals surface area (Å²) in [7, 11) is 0. The number of piperazine rings is 1. The number of alkyl halides is 3. The molecule has 0 aliphatic carbocycles. The third-order valence-corrected chi connectivity index (χ3v) is 5.21. The number of fused-ring (bicyclic) bond motifs is 1. The van der Waals surface area contributed by atoms with Crippen LogP contribution in [0.2, 0.25) is 5.02 Å². The number of carbonyl (C=O) groups excluding carboxylic acids is 1. The van der Waals surface area contributed by atoms with Crippen molar-refractivity contribution in [1.29, 1.82) is 0 Å². The van der Waals surface area contributed by atoms with Crippen LogP contribution in [-0.2, 0) is 6.18 Å². The molecule has 2 aromatic carbocycles. The number of hydrogen-bond donors (Lipinski definition) is 2. The third kappa shape index (κ3) is 3.95. The van der Waals surface area contributed by atoms with Crippen molar-refractivity contribution in [3.8, 4) is 0 Å². The molecule has 4 rings (SSSR count). The van der Waals surface area contributed by atoms with Crippen molar-refractivity contribution in [3.05, 3.63) is 53.1 Å². The number of carbonyl (C=O) groups is 1. The molecule has 0 spiro atoms. The van der Waals surface area contributed by atoms with Gasteiger partial charge in [-0.3, -0.25) is 10.4 Å². The van der Waals surface area contributed by atoms with Crippen LogP contribution in [0.15, 0.2) is 42.5 Å². The monoisotopic (exact) mass is 423 g/mol. The minimum absolute atomic E-state index is 0.297. The number of hydrogen-bond acceptors (Lipinski definition) is 3. The van der Waals surface area contributed by atoms with Crippen LogP contribution in [0.4, 0.5) is 29.5 Å². The van der Waals surface area contributed by atoms with Crippen molar-refractivity contribution in [2.75, 3.05) is 36.4 Å². The number of urea groups is 1. The summed E-state index contributed by atoms with van der Waals surface area (Å²) in [5.74, 6) is 0.445. The molecule has 2 heterocycles. The first kappa shape index (κ1) is 19.4. The Hall–Kier alpha value is -2.94. The Morgan fingerprint density at radius 3 is 2.55 bits per heavy atom. The van der Waals surface area contributed by atoms with Gasteiger partial charge < -0.3 is 9.80 Å². The molecule has 6 nitrogen and oxygen atoms in total. The zero-order chi connectivity index (χ0) is 20.6. The lowest BCUT2D eigenvalue weighted by Gasteiger charge is -2.36. The third-order valence-electron chi connectivity index (χ3n) is 4.88. The molecular formula is C19H17ClF3N5O. The number of nitrogens with one attached hydrogen (secondary N) is 2. The fourth-order valence-electron chi connectivity index (χ4n) is 3.33. The van der Waals surface area contributed by atoms with Crippen LogP contribution in [0.3, 0.4) is 0 Å². The van der Waals surface area contributed by atoms with Gasteiger partial charge in [0.25, 0.3) is 0 Å². The first-order chi connectivity index (χ1) is 13.8. The van der Waals surface area contributed by atoms with Crippen LogP contribution in [0.1, 0.15) is 5.56 Å². The van der Waals surface area contributed by atoms with E-state index in [2.05, 4.69) is 15.5 Å². The Balaban J connectivity index is 1.41. The van der Waals surface area contributed by atoms with E-state index in [1.54, 1.807) is 15.9 Å². The highest BCUT2D eigenvalue weighted by atomic mass is 35.5. The van der Waals surface area contributed by atoms with Gasteiger partial charge in [0.15, 0.2) is 5.82 Å². The largest absolute Gasteiger partial charge is 0.417 e. The fraction of sp³-hybridized carbons (Fsp3) is 0.263. The summed E-state index contributed by atoms with van der Waals surface area (Å²) in [6.45, 7) is 1.57. The highest BCUT2D eigenvalue weighted by Gasteiger charge is 2.34. The second kappa shape index (κ2) is 7.47. The maximum Gasteiger partial charge on any atom is 0.417 e. The Labute approximate surface area is 169 Å². The van der Waals surface area contributed by atoms with Gasteiger partial charge in [-0.15, -0.1) is 0 Å². The van der Waals surface area contributed by atoms with E-state index in [1.165, 1.54) is 6.07 Å². The molecule has 1 aliphatic heterocycles. The van der Waals surface area contributed by atoms with Crippen molar-refractivity contribution >= 4 is 40.0 Å². The molecule has 1 fully saturated rings. The first-order valence-corrected chi connectivity index (χ1v) is 9.31. The van der Waals surface area contributed by atoms with Crippen LogP contribution in [0.5, 0.6) is 0 Å². The first-order valence-electron chi connectivity index (χ1n) is 8.93. The number of para-hydroxylation sites is 1. The molecule has 0 unspecified atom stereocenters. The smallest absolute Gasteiger partial charge is 0.368 e. The number of anilines is 2. The summed E-state index contributed by atoms with van der Waals surface area (Å²) >= 11 is 5.69. The summed E-state index contributed by atoms with van der Waals surface area (Å²) in [6, 6.07) is 11.0. The summed E-state index contributed by atoms with van der Waals surface area (Å²) < 4.78 is 39.2. The summed E-state index contributed by atoms with van der Waals surface area (Å²) in [6.07, 6.45) is -4.51. The highest BCUT2D eigenvalue weighted by molar-refractivity contribution is 6.31. The number of amides is 2. The van der Waals surface area contributed by atoms with Crippen LogP contribution in [0.25, 0.3) is 10.9 Å². The molecule has 1 saturated heterocycles. The molecule has 10 heteroatoms. The summed E-state index contributed by atoms with van der Waals surface area (Å²) in [4.78, 5) is 16.0. The zero-order valence-corrected chi connectivity index (χ0v) is 15.9. The van der Waals surface area contributed by atoms with Crippen molar-refractivity contribution in [3.63, 3.8) is 0 Å². The van der Waals surface area contributed by atoms with Gasteiger partial charge in [-0.25, -0.2) is 4.79 Å². The van der Waals surface area contributed by atoms with Gasteiger partial charge in [-0.1, -0.05) is 23.7 Å². The van der Waals surface area contributed by atoms with E-state index in [4.69, 9.17) is 11.6 Å². The molecule has 152 valence electrons. The highest BCUT2D eigenvalue weighted by Crippen LogP contribution is 2.37. The van der Waals surface area contributed by atoms with Crippen molar-refractivity contribution in [1.82, 2.24) is 15.1 Å². The molecule has 0 bridgehead atoms. The van der Waals surface area contributed by atoms with E-state index in [0.29, 0.717) is 37.7 Å². The normalized spacial score (nSPS) is 15.0. The van der Waals surface area contributed by atoms with Crippen molar-refractivity contribution in [2.24, 2.45) is 0 Å². The minimum atomic E-state index is -4.51. The number of halogens is 4. The molecule has 0 atom stereocenters. The Morgan fingerprint density at radius 1 is 1.10 bits per heavy atom. The van der Waals surface area contributed by atoms with Crippen molar-refractivity contribution < 1.29 is 18.0 Å². The lowest BCUT2D eigenvalue weighted by molar-refractivity contribution is -0.137. The molecule has 1 aromatic heterocycles. The lowest BCUT2D eigenvalue weighted by Crippen LogP contribution is -2.50. The Kier molecular flexibility index (Phi) is 4.99. The van der Waals surface area contributed by atoms with Gasteiger partial charge in [0.05, 0.1) is 16.1 Å². The standard InChI is InChI=1S/C19H17ClF3N5O/c20-15-6-5-12(11-14(15)19(21,22)23)27-7-9-28(10-8-27)18(29)24-17-13-3-1-2-4-16(13)25-26-17/h1-6,11H,7-10H2,(H2,24,25,26,29). The molecule has 3 aromatic rings. The molecule has 2 amide bonds. The number of nitrogens with zero attached hydrogens (tertiary/aromatic N) is 3. The van der Waals surface area contributed by atoms with E-state index in [-0.39, 0.29) is 11.1 Å². The molecular weight excluding hydrogens is 407 g/mol. The maximum atomic E-state index is 13.1. The lowest BCUT2D eigenvalue weighted by atomic mass is 10.1. The summed E-state index contributed by atoms with van der Waals surface area (Å²) in [5.41, 5.74) is 0.387. The molecule has 0 radical (unpaired) electrons. The van der Waals surface area contributed by atoms with E-state index >= 15 is 0 Å². The van der Waals surface area contributed by atoms with Gasteiger partial charge in [-0.2, -0.15) is 18.3 Å². The maximum absolute atomic E-state index is 13.1. The Morgan fingerprint density at radius 2 is 1.83 bits per heavy atom. The SMILES string of the molecule is O=C(Nc1n[nH]c2ccccc12)N1CCN(c2ccc(Cl)c(C(F)(F)F)c2)CC1. The van der Waals surface area contributed by atoms with Crippen LogP contribution < -0.4 is 10.2 Å². The van der Waals surface area contributed by atoms with E-state index < -0.39 is 11.7 Å². The minimum Gasteiger partial charge on any atom is -0.368 e. The topological polar surface area (TPSA) is 64.3 Å². The fourth-order valence-corrected chi connectivity index (χ4v) is 3.56. The predicted molar refractivity (Wildman–Crippen MR) is 105 cm³/mol. The van der Waals surface area contributed by atoms with Gasteiger partial charge in [0, 0.05) is 37.3 Å². The average Bonchev–Trinajstić information content (AvgIpc) is 3.10. The van der Waals surface area contributed by atoms with E-state index in [0.717, 1.165) is 17.0 Å². The van der Waals surface area contributed by atoms with Crippen molar-refractivity contribution in [2.45, 2.75) is 6.18 Å². The summed E-state index contributed by atoms with van der Waals surface area (Å²) in [5, 5.41) is 10.2. The average molecular weight is 424 g/mol. The number of benzene rings is 2. The second-order valence-corrected chi connectivity index (χ2v) is 7.09. The molecule has 1 aliphatic rings. The molecule has 29 heavy (non-hydrogen) atoms.